The fourth-order valence-electron chi connectivity index (χ4n) is 0.826. The van der Waals surface area contributed by atoms with Crippen molar-refractivity contribution in [1.29, 1.82) is 5.41 Å². The molecule has 0 saturated carbocycles. The first-order valence-electron chi connectivity index (χ1n) is 4.15. The van der Waals surface area contributed by atoms with Crippen LogP contribution in [0.5, 0.6) is 0 Å². The minimum atomic E-state index is 0.227. The van der Waals surface area contributed by atoms with E-state index in [9.17, 15) is 0 Å². The maximum Gasteiger partial charge on any atom is 0.151 e. The van der Waals surface area contributed by atoms with Gasteiger partial charge in [-0.1, -0.05) is 18.2 Å². The Hall–Kier alpha value is -0.510. The molecule has 0 heterocycles. The van der Waals surface area contributed by atoms with Gasteiger partial charge in [0, 0.05) is 12.8 Å². The smallest absolute Gasteiger partial charge is 0.151 e. The molecule has 0 spiro atoms. The van der Waals surface area contributed by atoms with Gasteiger partial charge < -0.3 is 10.7 Å². The minimum Gasteiger partial charge on any atom is -0.379 e. The molecule has 0 aliphatic rings. The molecule has 0 bridgehead atoms. The first kappa shape index (κ1) is 11.5. The Bertz CT molecular complexity index is 145. The number of hydrogen-bond acceptors (Lipinski definition) is 3. The topological polar surface area (TPSA) is 62.2 Å². The largest absolute Gasteiger partial charge is 0.379 e. The Morgan fingerprint density at radius 1 is 1.50 bits per heavy atom. The summed E-state index contributed by atoms with van der Waals surface area (Å²) in [4.78, 5) is 3.90. The Morgan fingerprint density at radius 3 is 2.83 bits per heavy atom. The number of rotatable bonds is 6. The molecule has 0 aromatic rings. The molecular weight excluding hydrogens is 170 g/mol. The molecule has 12 heavy (non-hydrogen) atoms. The first-order chi connectivity index (χ1) is 5.77. The zero-order valence-corrected chi connectivity index (χ0v) is 8.36. The molecular formula is C8H17N3S. The summed E-state index contributed by atoms with van der Waals surface area (Å²) in [5, 5.41) is 7.19. The number of nitrogens with one attached hydrogen (secondary N) is 1. The van der Waals surface area contributed by atoms with Crippen molar-refractivity contribution in [3.8, 4) is 0 Å². The lowest BCUT2D eigenvalue weighted by atomic mass is 10.2. The average Bonchev–Trinajstić information content (AvgIpc) is 2.02. The fourth-order valence-corrected chi connectivity index (χ4v) is 1.39. The standard InChI is InChI=1S/C8H17N3S/c1-11-6-4-2-3-5-7-12-8(9)10/h6H,2-5,7H2,1H3,(H3,9,10)/b11-6+. The summed E-state index contributed by atoms with van der Waals surface area (Å²) in [5.74, 6) is 0.971. The minimum absolute atomic E-state index is 0.227. The summed E-state index contributed by atoms with van der Waals surface area (Å²) in [5.41, 5.74) is 5.18. The molecule has 0 saturated heterocycles. The van der Waals surface area contributed by atoms with Crippen LogP contribution >= 0.6 is 11.8 Å². The average molecular weight is 187 g/mol. The third-order valence-corrected chi connectivity index (χ3v) is 2.22. The highest BCUT2D eigenvalue weighted by Crippen LogP contribution is 2.05. The Kier molecular flexibility index (Phi) is 8.22. The number of unbranched alkanes of at least 4 members (excludes halogenated alkanes) is 3. The van der Waals surface area contributed by atoms with E-state index in [1.54, 1.807) is 7.05 Å². The zero-order chi connectivity index (χ0) is 9.23. The van der Waals surface area contributed by atoms with Crippen LogP contribution in [0.3, 0.4) is 0 Å². The Balaban J connectivity index is 2.96. The van der Waals surface area contributed by atoms with Crippen LogP contribution in [0, 0.1) is 5.41 Å². The van der Waals surface area contributed by atoms with E-state index in [0.717, 1.165) is 18.6 Å². The maximum absolute atomic E-state index is 6.96. The van der Waals surface area contributed by atoms with E-state index in [2.05, 4.69) is 4.99 Å². The van der Waals surface area contributed by atoms with Crippen LogP contribution < -0.4 is 5.73 Å². The number of aliphatic imine (C=N–C) groups is 1. The van der Waals surface area contributed by atoms with Gasteiger partial charge >= 0.3 is 0 Å². The first-order valence-corrected chi connectivity index (χ1v) is 5.13. The normalized spacial score (nSPS) is 10.8. The number of amidine groups is 1. The molecule has 0 rings (SSSR count). The van der Waals surface area contributed by atoms with Crippen molar-refractivity contribution < 1.29 is 0 Å². The molecule has 0 amide bonds. The summed E-state index contributed by atoms with van der Waals surface area (Å²) in [6.07, 6.45) is 6.54. The Morgan fingerprint density at radius 2 is 2.25 bits per heavy atom. The van der Waals surface area contributed by atoms with Crippen molar-refractivity contribution in [2.75, 3.05) is 12.8 Å². The van der Waals surface area contributed by atoms with Gasteiger partial charge in [0.25, 0.3) is 0 Å². The van der Waals surface area contributed by atoms with Gasteiger partial charge in [-0.15, -0.1) is 0 Å². The molecule has 0 aromatic heterocycles. The summed E-state index contributed by atoms with van der Waals surface area (Å²) in [6, 6.07) is 0. The van der Waals surface area contributed by atoms with Crippen molar-refractivity contribution in [3.63, 3.8) is 0 Å². The molecule has 0 radical (unpaired) electrons. The van der Waals surface area contributed by atoms with E-state index in [4.69, 9.17) is 11.1 Å². The number of nitrogens with zero attached hydrogens (tertiary/aromatic N) is 1. The lowest BCUT2D eigenvalue weighted by Gasteiger charge is -1.97. The highest BCUT2D eigenvalue weighted by molar-refractivity contribution is 8.13. The van der Waals surface area contributed by atoms with Crippen molar-refractivity contribution >= 4 is 23.1 Å². The highest BCUT2D eigenvalue weighted by atomic mass is 32.2. The molecule has 70 valence electrons. The number of hydrogen-bond donors (Lipinski definition) is 2. The monoisotopic (exact) mass is 187 g/mol. The second kappa shape index (κ2) is 8.59. The van der Waals surface area contributed by atoms with Crippen LogP contribution in [-0.4, -0.2) is 24.2 Å². The predicted molar refractivity (Wildman–Crippen MR) is 57.3 cm³/mol. The van der Waals surface area contributed by atoms with Gasteiger partial charge in [-0.05, 0) is 25.5 Å². The summed E-state index contributed by atoms with van der Waals surface area (Å²) >= 11 is 1.42. The van der Waals surface area contributed by atoms with Crippen molar-refractivity contribution in [3.05, 3.63) is 0 Å². The van der Waals surface area contributed by atoms with Gasteiger partial charge in [0.05, 0.1) is 0 Å². The Labute approximate surface area is 78.3 Å². The van der Waals surface area contributed by atoms with E-state index in [0.29, 0.717) is 0 Å². The van der Waals surface area contributed by atoms with E-state index >= 15 is 0 Å². The molecule has 3 nitrogen and oxygen atoms in total. The van der Waals surface area contributed by atoms with Crippen molar-refractivity contribution in [2.24, 2.45) is 10.7 Å². The molecule has 0 aromatic carbocycles. The highest BCUT2D eigenvalue weighted by Gasteiger charge is 1.91. The van der Waals surface area contributed by atoms with Crippen molar-refractivity contribution in [1.82, 2.24) is 0 Å². The molecule has 0 unspecified atom stereocenters. The lowest BCUT2D eigenvalue weighted by Crippen LogP contribution is -2.04. The van der Waals surface area contributed by atoms with Gasteiger partial charge in [0.15, 0.2) is 5.17 Å². The molecule has 0 aliphatic heterocycles. The van der Waals surface area contributed by atoms with Gasteiger partial charge in [0.2, 0.25) is 0 Å². The number of thioether (sulfide) groups is 1. The third-order valence-electron chi connectivity index (χ3n) is 1.42. The van der Waals surface area contributed by atoms with E-state index in [1.807, 2.05) is 6.21 Å². The number of nitrogens with two attached hydrogens (primary N) is 1. The molecule has 0 fully saturated rings. The van der Waals surface area contributed by atoms with Crippen LogP contribution in [0.15, 0.2) is 4.99 Å². The molecule has 3 N–H and O–H groups in total. The van der Waals surface area contributed by atoms with Gasteiger partial charge in [-0.25, -0.2) is 0 Å². The van der Waals surface area contributed by atoms with E-state index in [-0.39, 0.29) is 5.17 Å². The van der Waals surface area contributed by atoms with Crippen LogP contribution in [-0.2, 0) is 0 Å². The molecule has 0 aliphatic carbocycles. The van der Waals surface area contributed by atoms with Gasteiger partial charge in [0.1, 0.15) is 0 Å². The van der Waals surface area contributed by atoms with E-state index in [1.165, 1.54) is 24.6 Å². The third kappa shape index (κ3) is 9.49. The zero-order valence-electron chi connectivity index (χ0n) is 7.55. The summed E-state index contributed by atoms with van der Waals surface area (Å²) in [6.45, 7) is 0. The maximum atomic E-state index is 6.96. The van der Waals surface area contributed by atoms with Crippen molar-refractivity contribution in [2.45, 2.75) is 25.7 Å². The lowest BCUT2D eigenvalue weighted by molar-refractivity contribution is 0.752. The van der Waals surface area contributed by atoms with Gasteiger partial charge in [-0.3, -0.25) is 5.41 Å². The summed E-state index contributed by atoms with van der Waals surface area (Å²) in [7, 11) is 1.80. The SMILES string of the molecule is C/N=C/CCCCCSC(=N)N. The predicted octanol–water partition coefficient (Wildman–Crippen LogP) is 1.87. The van der Waals surface area contributed by atoms with Gasteiger partial charge in [-0.2, -0.15) is 0 Å². The van der Waals surface area contributed by atoms with Crippen LogP contribution in [0.2, 0.25) is 0 Å². The molecule has 0 atom stereocenters. The quantitative estimate of drug-likeness (QED) is 0.379. The van der Waals surface area contributed by atoms with Crippen LogP contribution in [0.25, 0.3) is 0 Å². The van der Waals surface area contributed by atoms with Crippen LogP contribution in [0.1, 0.15) is 25.7 Å². The second-order valence-electron chi connectivity index (χ2n) is 2.50. The van der Waals surface area contributed by atoms with Crippen LogP contribution in [0.4, 0.5) is 0 Å². The summed E-state index contributed by atoms with van der Waals surface area (Å²) < 4.78 is 0. The fraction of sp³-hybridized carbons (Fsp3) is 0.750. The second-order valence-corrected chi connectivity index (χ2v) is 3.64. The van der Waals surface area contributed by atoms with E-state index < -0.39 is 0 Å². The molecule has 4 heteroatoms.